The van der Waals surface area contributed by atoms with Crippen molar-refractivity contribution >= 4 is 27.1 Å². The first-order valence-electron chi connectivity index (χ1n) is 6.26. The second-order valence-electron chi connectivity index (χ2n) is 4.89. The van der Waals surface area contributed by atoms with Crippen molar-refractivity contribution in [1.82, 2.24) is 0 Å². The zero-order valence-electron chi connectivity index (χ0n) is 11.8. The van der Waals surface area contributed by atoms with Crippen molar-refractivity contribution < 1.29 is 8.42 Å². The summed E-state index contributed by atoms with van der Waals surface area (Å²) in [5, 5.41) is 3.31. The van der Waals surface area contributed by atoms with Gasteiger partial charge in [0, 0.05) is 17.1 Å². The van der Waals surface area contributed by atoms with E-state index in [4.69, 9.17) is 0 Å². The molecule has 0 spiro atoms. The molecule has 0 bridgehead atoms. The number of rotatable bonds is 4. The van der Waals surface area contributed by atoms with Crippen LogP contribution in [0.2, 0.25) is 0 Å². The Morgan fingerprint density at radius 1 is 0.900 bits per heavy atom. The zero-order valence-corrected chi connectivity index (χ0v) is 12.6. The highest BCUT2D eigenvalue weighted by atomic mass is 32.2. The molecule has 0 aliphatic carbocycles. The summed E-state index contributed by atoms with van der Waals surface area (Å²) in [6, 6.07) is 13.3. The molecule has 0 atom stereocenters. The lowest BCUT2D eigenvalue weighted by Crippen LogP contribution is -2.09. The van der Waals surface area contributed by atoms with E-state index in [0.717, 1.165) is 17.6 Å². The van der Waals surface area contributed by atoms with Crippen LogP contribution in [0.1, 0.15) is 11.1 Å². The number of hydrogen-bond donors (Lipinski definition) is 2. The number of anilines is 3. The van der Waals surface area contributed by atoms with Crippen LogP contribution in [0.25, 0.3) is 0 Å². The van der Waals surface area contributed by atoms with E-state index in [1.807, 2.05) is 18.2 Å². The molecule has 0 radical (unpaired) electrons. The third kappa shape index (κ3) is 3.99. The van der Waals surface area contributed by atoms with Crippen LogP contribution in [0.15, 0.2) is 42.5 Å². The molecule has 0 saturated carbocycles. The Morgan fingerprint density at radius 2 is 1.50 bits per heavy atom. The normalized spacial score (nSPS) is 11.2. The van der Waals surface area contributed by atoms with Gasteiger partial charge in [0.05, 0.1) is 6.26 Å². The van der Waals surface area contributed by atoms with E-state index in [-0.39, 0.29) is 0 Å². The molecule has 0 unspecified atom stereocenters. The van der Waals surface area contributed by atoms with E-state index in [2.05, 4.69) is 36.0 Å². The largest absolute Gasteiger partial charge is 0.355 e. The number of sulfonamides is 1. The fourth-order valence-electron chi connectivity index (χ4n) is 1.95. The van der Waals surface area contributed by atoms with Gasteiger partial charge in [0.2, 0.25) is 10.0 Å². The molecule has 0 aromatic heterocycles. The van der Waals surface area contributed by atoms with Crippen molar-refractivity contribution in [3.05, 3.63) is 53.6 Å². The molecule has 2 aromatic rings. The van der Waals surface area contributed by atoms with Crippen molar-refractivity contribution in [3.63, 3.8) is 0 Å². The summed E-state index contributed by atoms with van der Waals surface area (Å²) in [4.78, 5) is 0. The van der Waals surface area contributed by atoms with Gasteiger partial charge in [0.15, 0.2) is 0 Å². The van der Waals surface area contributed by atoms with E-state index in [0.29, 0.717) is 5.69 Å². The van der Waals surface area contributed by atoms with Crippen molar-refractivity contribution in [2.75, 3.05) is 16.3 Å². The quantitative estimate of drug-likeness (QED) is 0.907. The topological polar surface area (TPSA) is 58.2 Å². The van der Waals surface area contributed by atoms with Crippen molar-refractivity contribution in [2.45, 2.75) is 13.8 Å². The fourth-order valence-corrected chi connectivity index (χ4v) is 2.51. The predicted octanol–water partition coefficient (Wildman–Crippen LogP) is 3.42. The fraction of sp³-hybridized carbons (Fsp3) is 0.200. The molecule has 0 amide bonds. The monoisotopic (exact) mass is 290 g/mol. The molecule has 20 heavy (non-hydrogen) atoms. The van der Waals surface area contributed by atoms with Crippen molar-refractivity contribution in [3.8, 4) is 0 Å². The van der Waals surface area contributed by atoms with Gasteiger partial charge in [-0.05, 0) is 49.7 Å². The van der Waals surface area contributed by atoms with Gasteiger partial charge in [-0.3, -0.25) is 4.72 Å². The van der Waals surface area contributed by atoms with Gasteiger partial charge < -0.3 is 5.32 Å². The molecule has 2 N–H and O–H groups in total. The summed E-state index contributed by atoms with van der Waals surface area (Å²) in [5.41, 5.74) is 4.90. The Hall–Kier alpha value is -2.01. The van der Waals surface area contributed by atoms with E-state index < -0.39 is 10.0 Å². The lowest BCUT2D eigenvalue weighted by Gasteiger charge is -2.11. The first kappa shape index (κ1) is 14.4. The second kappa shape index (κ2) is 5.54. The Kier molecular flexibility index (Phi) is 3.99. The van der Waals surface area contributed by atoms with Crippen LogP contribution < -0.4 is 10.0 Å². The number of benzene rings is 2. The van der Waals surface area contributed by atoms with E-state index in [1.54, 1.807) is 12.1 Å². The summed E-state index contributed by atoms with van der Waals surface area (Å²) < 4.78 is 24.7. The second-order valence-corrected chi connectivity index (χ2v) is 6.64. The number of aryl methyl sites for hydroxylation is 2. The Labute approximate surface area is 119 Å². The zero-order chi connectivity index (χ0) is 14.8. The van der Waals surface area contributed by atoms with Gasteiger partial charge in [0.1, 0.15) is 0 Å². The Balaban J connectivity index is 2.14. The minimum Gasteiger partial charge on any atom is -0.355 e. The maximum absolute atomic E-state index is 11.1. The van der Waals surface area contributed by atoms with Crippen molar-refractivity contribution in [2.24, 2.45) is 0 Å². The lowest BCUT2D eigenvalue weighted by atomic mass is 10.1. The number of nitrogens with one attached hydrogen (secondary N) is 2. The van der Waals surface area contributed by atoms with Crippen LogP contribution in [-0.4, -0.2) is 14.7 Å². The molecule has 0 aliphatic heterocycles. The molecular weight excluding hydrogens is 272 g/mol. The maximum Gasteiger partial charge on any atom is 0.229 e. The SMILES string of the molecule is Cc1ccc(Nc2ccc(NS(C)(=O)=O)cc2)c(C)c1. The highest BCUT2D eigenvalue weighted by Crippen LogP contribution is 2.22. The van der Waals surface area contributed by atoms with Crippen LogP contribution in [0.3, 0.4) is 0 Å². The van der Waals surface area contributed by atoms with Crippen LogP contribution in [0.4, 0.5) is 17.1 Å². The molecule has 0 aliphatic rings. The molecule has 0 heterocycles. The van der Waals surface area contributed by atoms with Gasteiger partial charge in [-0.15, -0.1) is 0 Å². The van der Waals surface area contributed by atoms with Gasteiger partial charge in [-0.25, -0.2) is 8.42 Å². The average molecular weight is 290 g/mol. The predicted molar refractivity (Wildman–Crippen MR) is 84.1 cm³/mol. The molecule has 2 aromatic carbocycles. The Morgan fingerprint density at radius 3 is 2.05 bits per heavy atom. The summed E-state index contributed by atoms with van der Waals surface area (Å²) in [6.45, 7) is 4.11. The lowest BCUT2D eigenvalue weighted by molar-refractivity contribution is 0.607. The first-order chi connectivity index (χ1) is 9.33. The molecule has 0 saturated heterocycles. The molecule has 2 rings (SSSR count). The van der Waals surface area contributed by atoms with E-state index >= 15 is 0 Å². The van der Waals surface area contributed by atoms with Crippen LogP contribution in [-0.2, 0) is 10.0 Å². The van der Waals surface area contributed by atoms with E-state index in [1.165, 1.54) is 11.1 Å². The summed E-state index contributed by atoms with van der Waals surface area (Å²) in [6.07, 6.45) is 1.13. The number of hydrogen-bond acceptors (Lipinski definition) is 3. The summed E-state index contributed by atoms with van der Waals surface area (Å²) >= 11 is 0. The summed E-state index contributed by atoms with van der Waals surface area (Å²) in [7, 11) is -3.23. The third-order valence-electron chi connectivity index (χ3n) is 2.85. The average Bonchev–Trinajstić information content (AvgIpc) is 2.33. The van der Waals surface area contributed by atoms with Crippen LogP contribution >= 0.6 is 0 Å². The smallest absolute Gasteiger partial charge is 0.229 e. The molecule has 4 nitrogen and oxygen atoms in total. The van der Waals surface area contributed by atoms with Gasteiger partial charge in [0.25, 0.3) is 0 Å². The standard InChI is InChI=1S/C15H18N2O2S/c1-11-4-9-15(12(2)10-11)16-13-5-7-14(8-6-13)17-20(3,18)19/h4-10,16-17H,1-3H3. The van der Waals surface area contributed by atoms with E-state index in [9.17, 15) is 8.42 Å². The molecular formula is C15H18N2O2S. The molecule has 0 fully saturated rings. The van der Waals surface area contributed by atoms with Gasteiger partial charge >= 0.3 is 0 Å². The molecule has 5 heteroatoms. The van der Waals surface area contributed by atoms with Gasteiger partial charge in [-0.1, -0.05) is 17.7 Å². The minimum atomic E-state index is -3.23. The first-order valence-corrected chi connectivity index (χ1v) is 8.15. The van der Waals surface area contributed by atoms with Crippen LogP contribution in [0.5, 0.6) is 0 Å². The minimum absolute atomic E-state index is 0.554. The molecule has 106 valence electrons. The maximum atomic E-state index is 11.1. The third-order valence-corrected chi connectivity index (χ3v) is 3.46. The Bertz CT molecular complexity index is 707. The van der Waals surface area contributed by atoms with Gasteiger partial charge in [-0.2, -0.15) is 0 Å². The highest BCUT2D eigenvalue weighted by molar-refractivity contribution is 7.92. The van der Waals surface area contributed by atoms with Crippen LogP contribution in [0, 0.1) is 13.8 Å². The van der Waals surface area contributed by atoms with Crippen molar-refractivity contribution in [1.29, 1.82) is 0 Å². The highest BCUT2D eigenvalue weighted by Gasteiger charge is 2.02. The summed E-state index contributed by atoms with van der Waals surface area (Å²) in [5.74, 6) is 0.